The zero-order chi connectivity index (χ0) is 17.4. The number of aromatic nitrogens is 1. The fourth-order valence-corrected chi connectivity index (χ4v) is 4.06. The molecule has 3 rings (SSSR count). The number of pyridine rings is 1. The van der Waals surface area contributed by atoms with Crippen LogP contribution in [0.15, 0.2) is 16.9 Å². The van der Waals surface area contributed by atoms with Crippen LogP contribution in [0.25, 0.3) is 0 Å². The maximum absolute atomic E-state index is 12.7. The fraction of sp³-hybridized carbons (Fsp3) is 0.684. The van der Waals surface area contributed by atoms with Crippen molar-refractivity contribution in [2.24, 2.45) is 7.05 Å². The predicted octanol–water partition coefficient (Wildman–Crippen LogP) is 2.21. The minimum absolute atomic E-state index is 0.119. The molecule has 5 nitrogen and oxygen atoms in total. The molecule has 1 aromatic heterocycles. The van der Waals surface area contributed by atoms with Crippen molar-refractivity contribution < 1.29 is 4.79 Å². The van der Waals surface area contributed by atoms with Crippen LogP contribution in [0.2, 0.25) is 0 Å². The van der Waals surface area contributed by atoms with Crippen LogP contribution in [0.5, 0.6) is 0 Å². The molecular formula is C19H29N3O2. The quantitative estimate of drug-likeness (QED) is 0.853. The summed E-state index contributed by atoms with van der Waals surface area (Å²) in [7, 11) is 1.75. The number of amides is 1. The van der Waals surface area contributed by atoms with Crippen molar-refractivity contribution in [2.75, 3.05) is 19.6 Å². The van der Waals surface area contributed by atoms with Crippen LogP contribution in [0.4, 0.5) is 0 Å². The summed E-state index contributed by atoms with van der Waals surface area (Å²) in [5, 5.41) is 0. The van der Waals surface area contributed by atoms with E-state index in [0.717, 1.165) is 25.3 Å². The highest BCUT2D eigenvalue weighted by Crippen LogP contribution is 2.25. The van der Waals surface area contributed by atoms with Crippen LogP contribution in [-0.2, 0) is 7.05 Å². The fourth-order valence-electron chi connectivity index (χ4n) is 4.06. The van der Waals surface area contributed by atoms with Gasteiger partial charge in [0.1, 0.15) is 5.56 Å². The topological polar surface area (TPSA) is 45.6 Å². The molecule has 0 aliphatic carbocycles. The van der Waals surface area contributed by atoms with Gasteiger partial charge >= 0.3 is 0 Å². The summed E-state index contributed by atoms with van der Waals surface area (Å²) in [6, 6.07) is 4.68. The van der Waals surface area contributed by atoms with E-state index in [0.29, 0.717) is 17.6 Å². The smallest absolute Gasteiger partial charge is 0.263 e. The molecule has 5 heteroatoms. The van der Waals surface area contributed by atoms with Gasteiger partial charge in [-0.05, 0) is 44.4 Å². The van der Waals surface area contributed by atoms with Crippen LogP contribution in [-0.4, -0.2) is 52.0 Å². The molecule has 0 spiro atoms. The van der Waals surface area contributed by atoms with E-state index < -0.39 is 0 Å². The Balaban J connectivity index is 1.69. The maximum Gasteiger partial charge on any atom is 0.263 e. The van der Waals surface area contributed by atoms with Crippen molar-refractivity contribution in [2.45, 2.75) is 58.0 Å². The maximum atomic E-state index is 12.7. The number of carbonyl (C=O) groups is 1. The Hall–Kier alpha value is -1.62. The summed E-state index contributed by atoms with van der Waals surface area (Å²) < 4.78 is 1.61. The molecule has 1 aromatic rings. The van der Waals surface area contributed by atoms with E-state index >= 15 is 0 Å². The molecule has 24 heavy (non-hydrogen) atoms. The highest BCUT2D eigenvalue weighted by atomic mass is 16.2. The van der Waals surface area contributed by atoms with Gasteiger partial charge in [0, 0.05) is 37.9 Å². The van der Waals surface area contributed by atoms with Gasteiger partial charge in [-0.1, -0.05) is 20.3 Å². The van der Waals surface area contributed by atoms with Gasteiger partial charge in [0.05, 0.1) is 0 Å². The minimum Gasteiger partial charge on any atom is -0.335 e. The lowest BCUT2D eigenvalue weighted by Crippen LogP contribution is -2.63. The van der Waals surface area contributed by atoms with Gasteiger partial charge < -0.3 is 9.47 Å². The standard InChI is InChI=1S/C19H29N3O2/c1-13(2)17-9-8-16(18(23)20(17)4)19(24)21-11-15(12-21)22-10-6-5-7-14(22)3/h8-9,13-15H,5-7,10-12H2,1-4H3. The molecule has 0 saturated carbocycles. The summed E-state index contributed by atoms with van der Waals surface area (Å²) in [6.45, 7) is 9.02. The van der Waals surface area contributed by atoms with E-state index in [9.17, 15) is 9.59 Å². The molecule has 2 aliphatic heterocycles. The zero-order valence-electron chi connectivity index (χ0n) is 15.3. The van der Waals surface area contributed by atoms with E-state index in [4.69, 9.17) is 0 Å². The predicted molar refractivity (Wildman–Crippen MR) is 95.5 cm³/mol. The number of piperidine rings is 1. The van der Waals surface area contributed by atoms with Crippen LogP contribution < -0.4 is 5.56 Å². The van der Waals surface area contributed by atoms with Gasteiger partial charge in [-0.2, -0.15) is 0 Å². The Morgan fingerprint density at radius 1 is 1.21 bits per heavy atom. The Morgan fingerprint density at radius 3 is 2.54 bits per heavy atom. The molecular weight excluding hydrogens is 302 g/mol. The van der Waals surface area contributed by atoms with Gasteiger partial charge in [0.25, 0.3) is 11.5 Å². The lowest BCUT2D eigenvalue weighted by Gasteiger charge is -2.49. The van der Waals surface area contributed by atoms with E-state index in [-0.39, 0.29) is 17.4 Å². The summed E-state index contributed by atoms with van der Waals surface area (Å²) in [5.74, 6) is 0.146. The molecule has 1 unspecified atom stereocenters. The lowest BCUT2D eigenvalue weighted by molar-refractivity contribution is 0.00200. The highest BCUT2D eigenvalue weighted by molar-refractivity contribution is 5.94. The third-order valence-electron chi connectivity index (χ3n) is 5.64. The van der Waals surface area contributed by atoms with Gasteiger partial charge in [-0.15, -0.1) is 0 Å². The molecule has 2 aliphatic rings. The number of hydrogen-bond acceptors (Lipinski definition) is 3. The van der Waals surface area contributed by atoms with Crippen LogP contribution in [0.3, 0.4) is 0 Å². The average molecular weight is 331 g/mol. The van der Waals surface area contributed by atoms with E-state index in [1.165, 1.54) is 19.3 Å². The number of carbonyl (C=O) groups excluding carboxylic acids is 1. The molecule has 1 amide bonds. The van der Waals surface area contributed by atoms with Crippen molar-refractivity contribution >= 4 is 5.91 Å². The minimum atomic E-state index is -0.180. The van der Waals surface area contributed by atoms with E-state index in [1.807, 2.05) is 11.0 Å². The lowest BCUT2D eigenvalue weighted by atomic mass is 9.97. The SMILES string of the molecule is CC(C)c1ccc(C(=O)N2CC(N3CCCCC3C)C2)c(=O)n1C. The first-order chi connectivity index (χ1) is 11.4. The number of nitrogens with zero attached hydrogens (tertiary/aromatic N) is 3. The number of likely N-dealkylation sites (tertiary alicyclic amines) is 2. The summed E-state index contributed by atoms with van der Waals surface area (Å²) in [5.41, 5.74) is 1.08. The molecule has 132 valence electrons. The first-order valence-electron chi connectivity index (χ1n) is 9.15. The van der Waals surface area contributed by atoms with Crippen molar-refractivity contribution in [3.8, 4) is 0 Å². The Morgan fingerprint density at radius 2 is 1.92 bits per heavy atom. The van der Waals surface area contributed by atoms with Crippen molar-refractivity contribution in [3.05, 3.63) is 33.7 Å². The van der Waals surface area contributed by atoms with Crippen molar-refractivity contribution in [3.63, 3.8) is 0 Å². The van der Waals surface area contributed by atoms with Gasteiger partial charge in [0.2, 0.25) is 0 Å². The zero-order valence-corrected chi connectivity index (χ0v) is 15.3. The van der Waals surface area contributed by atoms with Gasteiger partial charge in [-0.25, -0.2) is 0 Å². The van der Waals surface area contributed by atoms with Crippen molar-refractivity contribution in [1.82, 2.24) is 14.4 Å². The third kappa shape index (κ3) is 3.02. The number of rotatable bonds is 3. The molecule has 2 saturated heterocycles. The van der Waals surface area contributed by atoms with E-state index in [2.05, 4.69) is 25.7 Å². The largest absolute Gasteiger partial charge is 0.335 e. The molecule has 3 heterocycles. The van der Waals surface area contributed by atoms with Crippen molar-refractivity contribution in [1.29, 1.82) is 0 Å². The second-order valence-corrected chi connectivity index (χ2v) is 7.64. The molecule has 1 atom stereocenters. The second kappa shape index (κ2) is 6.71. The van der Waals surface area contributed by atoms with Gasteiger partial charge in [-0.3, -0.25) is 14.5 Å². The Labute approximate surface area is 144 Å². The van der Waals surface area contributed by atoms with E-state index in [1.54, 1.807) is 17.7 Å². The average Bonchev–Trinajstić information content (AvgIpc) is 2.49. The van der Waals surface area contributed by atoms with Gasteiger partial charge in [0.15, 0.2) is 0 Å². The molecule has 0 bridgehead atoms. The Bertz CT molecular complexity index is 674. The molecule has 0 radical (unpaired) electrons. The third-order valence-corrected chi connectivity index (χ3v) is 5.64. The first kappa shape index (κ1) is 17.2. The summed E-state index contributed by atoms with van der Waals surface area (Å²) in [6.07, 6.45) is 3.82. The summed E-state index contributed by atoms with van der Waals surface area (Å²) in [4.78, 5) is 29.6. The Kier molecular flexibility index (Phi) is 4.81. The molecule has 0 aromatic carbocycles. The molecule has 0 N–H and O–H groups in total. The highest BCUT2D eigenvalue weighted by Gasteiger charge is 2.38. The summed E-state index contributed by atoms with van der Waals surface area (Å²) >= 11 is 0. The second-order valence-electron chi connectivity index (χ2n) is 7.64. The number of hydrogen-bond donors (Lipinski definition) is 0. The van der Waals surface area contributed by atoms with Crippen LogP contribution in [0, 0.1) is 0 Å². The van der Waals surface area contributed by atoms with Crippen LogP contribution >= 0.6 is 0 Å². The monoisotopic (exact) mass is 331 g/mol. The first-order valence-corrected chi connectivity index (χ1v) is 9.15. The van der Waals surface area contributed by atoms with Crippen LogP contribution in [0.1, 0.15) is 62.0 Å². The normalized spacial score (nSPS) is 22.7. The molecule has 2 fully saturated rings.